The summed E-state index contributed by atoms with van der Waals surface area (Å²) in [5.41, 5.74) is 1.40. The summed E-state index contributed by atoms with van der Waals surface area (Å²) < 4.78 is 0. The average Bonchev–Trinajstić information content (AvgIpc) is 2.15. The predicted octanol–water partition coefficient (Wildman–Crippen LogP) is 3.61. The Morgan fingerprint density at radius 3 is 2.25 bits per heavy atom. The molecule has 1 atom stereocenters. The fourth-order valence-electron chi connectivity index (χ4n) is 1.45. The van der Waals surface area contributed by atoms with Crippen LogP contribution in [0.25, 0.3) is 0 Å². The van der Waals surface area contributed by atoms with Crippen LogP contribution < -0.4 is 0 Å². The second-order valence-corrected chi connectivity index (χ2v) is 3.04. The second-order valence-electron chi connectivity index (χ2n) is 3.04. The minimum absolute atomic E-state index is 0.601. The van der Waals surface area contributed by atoms with E-state index in [1.54, 1.807) is 0 Å². The minimum Gasteiger partial charge on any atom is -0.0622 e. The monoisotopic (exact) mass is 160 g/mol. The third kappa shape index (κ3) is 2.37. The van der Waals surface area contributed by atoms with Gasteiger partial charge in [0, 0.05) is 0 Å². The van der Waals surface area contributed by atoms with E-state index in [1.165, 1.54) is 5.56 Å². The molecule has 0 amide bonds. The minimum atomic E-state index is 0.601. The predicted molar refractivity (Wildman–Crippen MR) is 53.7 cm³/mol. The van der Waals surface area contributed by atoms with Crippen LogP contribution in [0.1, 0.15) is 30.7 Å². The lowest BCUT2D eigenvalue weighted by Gasteiger charge is -2.13. The lowest BCUT2D eigenvalue weighted by molar-refractivity contribution is 0.638. The van der Waals surface area contributed by atoms with Crippen LogP contribution in [0, 0.1) is 13.8 Å². The van der Waals surface area contributed by atoms with Gasteiger partial charge in [-0.15, -0.1) is 0 Å². The van der Waals surface area contributed by atoms with Gasteiger partial charge in [0.15, 0.2) is 0 Å². The van der Waals surface area contributed by atoms with Crippen molar-refractivity contribution in [2.24, 2.45) is 0 Å². The molecule has 0 aliphatic heterocycles. The van der Waals surface area contributed by atoms with Crippen molar-refractivity contribution in [1.82, 2.24) is 0 Å². The number of hydrogen-bond acceptors (Lipinski definition) is 0. The Hall–Kier alpha value is -0.780. The fraction of sp³-hybridized carbons (Fsp3) is 0.333. The van der Waals surface area contributed by atoms with Gasteiger partial charge in [0.05, 0.1) is 0 Å². The number of rotatable bonds is 4. The first-order valence-electron chi connectivity index (χ1n) is 4.52. The SMILES string of the molecule is [CH2]CCC(C[CH2])c1ccccc1. The standard InChI is InChI=1S/C12H16/c1-3-8-11(4-2)12-9-6-5-7-10-12/h5-7,9-11H,1-4,8H2. The molecule has 0 aromatic heterocycles. The van der Waals surface area contributed by atoms with Gasteiger partial charge in [-0.3, -0.25) is 0 Å². The van der Waals surface area contributed by atoms with E-state index in [0.717, 1.165) is 19.3 Å². The van der Waals surface area contributed by atoms with Gasteiger partial charge in [-0.1, -0.05) is 50.6 Å². The molecule has 1 unspecified atom stereocenters. The van der Waals surface area contributed by atoms with Gasteiger partial charge in [0.25, 0.3) is 0 Å². The summed E-state index contributed by atoms with van der Waals surface area (Å²) in [7, 11) is 0. The van der Waals surface area contributed by atoms with Gasteiger partial charge < -0.3 is 0 Å². The van der Waals surface area contributed by atoms with Crippen LogP contribution in [-0.2, 0) is 0 Å². The lowest BCUT2D eigenvalue weighted by Crippen LogP contribution is -1.95. The van der Waals surface area contributed by atoms with Crippen LogP contribution >= 0.6 is 0 Å². The van der Waals surface area contributed by atoms with Gasteiger partial charge >= 0.3 is 0 Å². The molecule has 12 heavy (non-hydrogen) atoms. The molecule has 0 aliphatic rings. The highest BCUT2D eigenvalue weighted by atomic mass is 14.1. The summed E-state index contributed by atoms with van der Waals surface area (Å²) in [5, 5.41) is 0. The van der Waals surface area contributed by atoms with E-state index in [-0.39, 0.29) is 0 Å². The molecule has 0 heterocycles. The Morgan fingerprint density at radius 2 is 1.75 bits per heavy atom. The molecule has 2 radical (unpaired) electrons. The van der Waals surface area contributed by atoms with Crippen molar-refractivity contribution in [3.05, 3.63) is 49.7 Å². The van der Waals surface area contributed by atoms with Crippen LogP contribution in [0.5, 0.6) is 0 Å². The zero-order chi connectivity index (χ0) is 8.81. The van der Waals surface area contributed by atoms with Crippen molar-refractivity contribution in [3.63, 3.8) is 0 Å². The third-order valence-corrected chi connectivity index (χ3v) is 2.17. The maximum absolute atomic E-state index is 3.95. The lowest BCUT2D eigenvalue weighted by atomic mass is 9.92. The van der Waals surface area contributed by atoms with Crippen LogP contribution in [0.3, 0.4) is 0 Å². The van der Waals surface area contributed by atoms with Crippen molar-refractivity contribution >= 4 is 0 Å². The molecule has 0 bridgehead atoms. The summed E-state index contributed by atoms with van der Waals surface area (Å²) in [5.74, 6) is 0.601. The van der Waals surface area contributed by atoms with Crippen molar-refractivity contribution in [3.8, 4) is 0 Å². The highest BCUT2D eigenvalue weighted by molar-refractivity contribution is 5.19. The van der Waals surface area contributed by atoms with Gasteiger partial charge in [0.2, 0.25) is 0 Å². The molecule has 1 aromatic rings. The van der Waals surface area contributed by atoms with E-state index in [1.807, 2.05) is 6.07 Å². The second kappa shape index (κ2) is 4.97. The maximum Gasteiger partial charge on any atom is -0.0162 e. The summed E-state index contributed by atoms with van der Waals surface area (Å²) in [4.78, 5) is 0. The largest absolute Gasteiger partial charge is 0.0622 e. The van der Waals surface area contributed by atoms with Gasteiger partial charge in [-0.25, -0.2) is 0 Å². The molecule has 1 rings (SSSR count). The normalized spacial score (nSPS) is 12.8. The molecule has 0 saturated heterocycles. The maximum atomic E-state index is 3.95. The molecule has 0 spiro atoms. The molecule has 0 N–H and O–H groups in total. The molecule has 0 fully saturated rings. The Bertz CT molecular complexity index is 201. The first-order chi connectivity index (χ1) is 5.88. The summed E-state index contributed by atoms with van der Waals surface area (Å²) >= 11 is 0. The fourth-order valence-corrected chi connectivity index (χ4v) is 1.45. The Balaban J connectivity index is 2.66. The van der Waals surface area contributed by atoms with Crippen molar-refractivity contribution in [1.29, 1.82) is 0 Å². The van der Waals surface area contributed by atoms with Crippen LogP contribution in [0.4, 0.5) is 0 Å². The quantitative estimate of drug-likeness (QED) is 0.631. The number of hydrogen-bond donors (Lipinski definition) is 0. The third-order valence-electron chi connectivity index (χ3n) is 2.17. The molecule has 64 valence electrons. The van der Waals surface area contributed by atoms with E-state index in [0.29, 0.717) is 5.92 Å². The van der Waals surface area contributed by atoms with Crippen LogP contribution in [-0.4, -0.2) is 0 Å². The van der Waals surface area contributed by atoms with Gasteiger partial charge in [0.1, 0.15) is 0 Å². The summed E-state index contributed by atoms with van der Waals surface area (Å²) in [6.07, 6.45) is 3.11. The van der Waals surface area contributed by atoms with Crippen molar-refractivity contribution in [2.45, 2.75) is 25.2 Å². The highest BCUT2D eigenvalue weighted by Gasteiger charge is 2.06. The highest BCUT2D eigenvalue weighted by Crippen LogP contribution is 2.23. The Morgan fingerprint density at radius 1 is 1.08 bits per heavy atom. The van der Waals surface area contributed by atoms with Crippen LogP contribution in [0.2, 0.25) is 0 Å². The van der Waals surface area contributed by atoms with Crippen molar-refractivity contribution in [2.75, 3.05) is 0 Å². The molecule has 1 aromatic carbocycles. The zero-order valence-electron chi connectivity index (χ0n) is 7.50. The van der Waals surface area contributed by atoms with E-state index < -0.39 is 0 Å². The van der Waals surface area contributed by atoms with Gasteiger partial charge in [-0.2, -0.15) is 0 Å². The Labute approximate surface area is 75.6 Å². The zero-order valence-corrected chi connectivity index (χ0v) is 7.50. The molecule has 0 saturated carbocycles. The average molecular weight is 160 g/mol. The molecular weight excluding hydrogens is 144 g/mol. The molecule has 0 heteroatoms. The van der Waals surface area contributed by atoms with Crippen molar-refractivity contribution < 1.29 is 0 Å². The molecular formula is C12H16. The topological polar surface area (TPSA) is 0 Å². The smallest absolute Gasteiger partial charge is 0.0162 e. The Kier molecular flexibility index (Phi) is 3.86. The summed E-state index contributed by atoms with van der Waals surface area (Å²) in [6, 6.07) is 10.6. The van der Waals surface area contributed by atoms with E-state index in [2.05, 4.69) is 38.1 Å². The van der Waals surface area contributed by atoms with E-state index in [4.69, 9.17) is 0 Å². The summed E-state index contributed by atoms with van der Waals surface area (Å²) in [6.45, 7) is 7.82. The first-order valence-corrected chi connectivity index (χ1v) is 4.52. The van der Waals surface area contributed by atoms with E-state index in [9.17, 15) is 0 Å². The number of benzene rings is 1. The van der Waals surface area contributed by atoms with Crippen LogP contribution in [0.15, 0.2) is 30.3 Å². The van der Waals surface area contributed by atoms with E-state index >= 15 is 0 Å². The van der Waals surface area contributed by atoms with Gasteiger partial charge in [-0.05, 0) is 24.3 Å². The molecule has 0 aliphatic carbocycles. The first kappa shape index (κ1) is 9.31. The molecule has 0 nitrogen and oxygen atoms in total.